The largest absolute Gasteiger partial charge is 0.308 e. The highest BCUT2D eigenvalue weighted by atomic mass is 32.2. The summed E-state index contributed by atoms with van der Waals surface area (Å²) in [4.78, 5) is 1.38. The zero-order valence-corrected chi connectivity index (χ0v) is 14.2. The van der Waals surface area contributed by atoms with Crippen molar-refractivity contribution in [3.63, 3.8) is 0 Å². The topological polar surface area (TPSA) is 12.0 Å². The average molecular weight is 279 g/mol. The Morgan fingerprint density at radius 1 is 0.947 bits per heavy atom. The molecule has 1 aromatic carbocycles. The number of hydrogen-bond acceptors (Lipinski definition) is 2. The highest BCUT2D eigenvalue weighted by molar-refractivity contribution is 7.99. The molecule has 0 aliphatic heterocycles. The van der Waals surface area contributed by atoms with Gasteiger partial charge < -0.3 is 5.32 Å². The van der Waals surface area contributed by atoms with E-state index in [0.29, 0.717) is 5.41 Å². The first kappa shape index (κ1) is 16.6. The Bertz CT molecular complexity index is 368. The summed E-state index contributed by atoms with van der Waals surface area (Å²) in [6.45, 7) is 14.4. The van der Waals surface area contributed by atoms with Crippen molar-refractivity contribution in [2.45, 2.75) is 64.9 Å². The normalized spacial score (nSPS) is 12.7. The summed E-state index contributed by atoms with van der Waals surface area (Å²) < 4.78 is 0. The summed E-state index contributed by atoms with van der Waals surface area (Å²) in [6.07, 6.45) is 1.25. The van der Waals surface area contributed by atoms with E-state index < -0.39 is 0 Å². The van der Waals surface area contributed by atoms with Gasteiger partial charge in [0.25, 0.3) is 0 Å². The summed E-state index contributed by atoms with van der Waals surface area (Å²) >= 11 is 1.96. The van der Waals surface area contributed by atoms with Gasteiger partial charge in [-0.1, -0.05) is 32.9 Å². The number of rotatable bonds is 5. The van der Waals surface area contributed by atoms with Crippen molar-refractivity contribution in [3.8, 4) is 0 Å². The second-order valence-corrected chi connectivity index (χ2v) is 8.57. The number of benzene rings is 1. The standard InChI is InChI=1S/C17H29NS/c1-16(2,3)11-12-19-15-9-7-14(8-10-15)13-18-17(4,5)6/h7-10,18H,11-13H2,1-6H3. The second kappa shape index (κ2) is 6.81. The number of thioether (sulfide) groups is 1. The van der Waals surface area contributed by atoms with Gasteiger partial charge in [-0.05, 0) is 56.1 Å². The van der Waals surface area contributed by atoms with Gasteiger partial charge in [0.2, 0.25) is 0 Å². The fraction of sp³-hybridized carbons (Fsp3) is 0.647. The fourth-order valence-corrected chi connectivity index (χ4v) is 2.82. The molecule has 1 N–H and O–H groups in total. The van der Waals surface area contributed by atoms with E-state index in [0.717, 1.165) is 6.54 Å². The summed E-state index contributed by atoms with van der Waals surface area (Å²) in [6, 6.07) is 8.95. The van der Waals surface area contributed by atoms with Crippen molar-refractivity contribution in [1.29, 1.82) is 0 Å². The first-order valence-electron chi connectivity index (χ1n) is 7.12. The molecule has 1 aromatic rings. The van der Waals surface area contributed by atoms with Crippen molar-refractivity contribution in [2.24, 2.45) is 5.41 Å². The lowest BCUT2D eigenvalue weighted by molar-refractivity contribution is 0.401. The highest BCUT2D eigenvalue weighted by Gasteiger charge is 2.10. The second-order valence-electron chi connectivity index (χ2n) is 7.41. The quantitative estimate of drug-likeness (QED) is 0.752. The van der Waals surface area contributed by atoms with Crippen molar-refractivity contribution in [1.82, 2.24) is 5.32 Å². The SMILES string of the molecule is CC(C)(C)CCSc1ccc(CNC(C)(C)C)cc1. The van der Waals surface area contributed by atoms with Crippen LogP contribution in [0, 0.1) is 5.41 Å². The van der Waals surface area contributed by atoms with Crippen molar-refractivity contribution in [3.05, 3.63) is 29.8 Å². The highest BCUT2D eigenvalue weighted by Crippen LogP contribution is 2.26. The molecule has 0 fully saturated rings. The lowest BCUT2D eigenvalue weighted by atomic mass is 9.94. The smallest absolute Gasteiger partial charge is 0.0210 e. The Morgan fingerprint density at radius 3 is 2.00 bits per heavy atom. The zero-order chi connectivity index (χ0) is 14.5. The van der Waals surface area contributed by atoms with Crippen LogP contribution in [0.2, 0.25) is 0 Å². The maximum atomic E-state index is 3.51. The minimum Gasteiger partial charge on any atom is -0.308 e. The summed E-state index contributed by atoms with van der Waals surface area (Å²) in [5.74, 6) is 1.20. The number of nitrogens with one attached hydrogen (secondary N) is 1. The molecule has 0 unspecified atom stereocenters. The molecule has 2 heteroatoms. The molecular weight excluding hydrogens is 250 g/mol. The van der Waals surface area contributed by atoms with Crippen LogP contribution in [0.15, 0.2) is 29.2 Å². The van der Waals surface area contributed by atoms with Crippen LogP contribution >= 0.6 is 11.8 Å². The molecule has 0 spiro atoms. The molecule has 0 heterocycles. The molecule has 0 atom stereocenters. The molecular formula is C17H29NS. The monoisotopic (exact) mass is 279 g/mol. The molecule has 0 aromatic heterocycles. The Morgan fingerprint density at radius 2 is 1.53 bits per heavy atom. The van der Waals surface area contributed by atoms with E-state index in [-0.39, 0.29) is 5.54 Å². The maximum Gasteiger partial charge on any atom is 0.0210 e. The molecule has 0 aliphatic rings. The minimum atomic E-state index is 0.181. The van der Waals surface area contributed by atoms with Crippen LogP contribution in [-0.4, -0.2) is 11.3 Å². The Hall–Kier alpha value is -0.470. The van der Waals surface area contributed by atoms with Gasteiger partial charge in [-0.2, -0.15) is 0 Å². The van der Waals surface area contributed by atoms with Gasteiger partial charge in [0.05, 0.1) is 0 Å². The molecule has 0 aliphatic carbocycles. The summed E-state index contributed by atoms with van der Waals surface area (Å²) in [5.41, 5.74) is 1.97. The van der Waals surface area contributed by atoms with E-state index >= 15 is 0 Å². The van der Waals surface area contributed by atoms with E-state index in [1.165, 1.54) is 22.6 Å². The molecule has 0 bridgehead atoms. The Labute approximate surface area is 123 Å². The van der Waals surface area contributed by atoms with Gasteiger partial charge in [0.1, 0.15) is 0 Å². The van der Waals surface area contributed by atoms with Crippen LogP contribution < -0.4 is 5.32 Å². The predicted molar refractivity (Wildman–Crippen MR) is 87.8 cm³/mol. The van der Waals surface area contributed by atoms with Crippen molar-refractivity contribution in [2.75, 3.05) is 5.75 Å². The maximum absolute atomic E-state index is 3.51. The summed E-state index contributed by atoms with van der Waals surface area (Å²) in [5, 5.41) is 3.51. The van der Waals surface area contributed by atoms with Crippen molar-refractivity contribution < 1.29 is 0 Å². The van der Waals surface area contributed by atoms with Crippen molar-refractivity contribution >= 4 is 11.8 Å². The molecule has 19 heavy (non-hydrogen) atoms. The predicted octanol–water partition coefficient (Wildman–Crippen LogP) is 5.10. The van der Waals surface area contributed by atoms with Crippen LogP contribution in [0.25, 0.3) is 0 Å². The van der Waals surface area contributed by atoms with Crippen LogP contribution in [0.3, 0.4) is 0 Å². The van der Waals surface area contributed by atoms with E-state index in [2.05, 4.69) is 71.1 Å². The third-order valence-corrected chi connectivity index (χ3v) is 3.88. The third kappa shape index (κ3) is 8.33. The summed E-state index contributed by atoms with van der Waals surface area (Å²) in [7, 11) is 0. The van der Waals surface area contributed by atoms with Crippen LogP contribution in [0.1, 0.15) is 53.5 Å². The first-order valence-corrected chi connectivity index (χ1v) is 8.11. The van der Waals surface area contributed by atoms with Gasteiger partial charge in [-0.3, -0.25) is 0 Å². The van der Waals surface area contributed by atoms with Crippen LogP contribution in [-0.2, 0) is 6.54 Å². The average Bonchev–Trinajstić information content (AvgIpc) is 2.25. The van der Waals surface area contributed by atoms with Gasteiger partial charge in [-0.25, -0.2) is 0 Å². The minimum absolute atomic E-state index is 0.181. The lowest BCUT2D eigenvalue weighted by Crippen LogP contribution is -2.35. The molecule has 108 valence electrons. The first-order chi connectivity index (χ1) is 8.66. The van der Waals surface area contributed by atoms with E-state index in [9.17, 15) is 0 Å². The molecule has 0 amide bonds. The molecule has 0 radical (unpaired) electrons. The third-order valence-electron chi connectivity index (χ3n) is 2.87. The van der Waals surface area contributed by atoms with Crippen LogP contribution in [0.4, 0.5) is 0 Å². The van der Waals surface area contributed by atoms with E-state index in [4.69, 9.17) is 0 Å². The van der Waals surface area contributed by atoms with Gasteiger partial charge in [0, 0.05) is 17.0 Å². The molecule has 0 saturated heterocycles. The molecule has 1 rings (SSSR count). The van der Waals surface area contributed by atoms with Gasteiger partial charge in [0.15, 0.2) is 0 Å². The lowest BCUT2D eigenvalue weighted by Gasteiger charge is -2.20. The Balaban J connectivity index is 2.39. The Kier molecular flexibility index (Phi) is 5.94. The number of hydrogen-bond donors (Lipinski definition) is 1. The molecule has 0 saturated carbocycles. The van der Waals surface area contributed by atoms with E-state index in [1.54, 1.807) is 0 Å². The van der Waals surface area contributed by atoms with E-state index in [1.807, 2.05) is 11.8 Å². The van der Waals surface area contributed by atoms with Crippen LogP contribution in [0.5, 0.6) is 0 Å². The van der Waals surface area contributed by atoms with Gasteiger partial charge >= 0.3 is 0 Å². The molecule has 1 nitrogen and oxygen atoms in total. The zero-order valence-electron chi connectivity index (χ0n) is 13.3. The fourth-order valence-electron chi connectivity index (χ4n) is 1.55. The van der Waals surface area contributed by atoms with Gasteiger partial charge in [-0.15, -0.1) is 11.8 Å².